The van der Waals surface area contributed by atoms with Crippen molar-refractivity contribution in [3.05, 3.63) is 24.1 Å². The molecule has 0 aromatic carbocycles. The number of nitrogens with one attached hydrogen (secondary N) is 1. The maximum atomic E-state index is 13.7. The monoisotopic (exact) mass is 265 g/mol. The van der Waals surface area contributed by atoms with Crippen LogP contribution in [0, 0.1) is 11.7 Å². The van der Waals surface area contributed by atoms with Gasteiger partial charge in [0.05, 0.1) is 0 Å². The van der Waals surface area contributed by atoms with E-state index in [2.05, 4.69) is 29.0 Å². The van der Waals surface area contributed by atoms with Crippen LogP contribution < -0.4 is 10.2 Å². The Hall–Kier alpha value is -1.16. The van der Waals surface area contributed by atoms with Crippen molar-refractivity contribution in [3.63, 3.8) is 0 Å². The third kappa shape index (κ3) is 3.66. The quantitative estimate of drug-likeness (QED) is 0.887. The molecule has 0 saturated carbocycles. The highest BCUT2D eigenvalue weighted by Gasteiger charge is 2.25. The lowest BCUT2D eigenvalue weighted by molar-refractivity contribution is 0.310. The molecule has 3 nitrogen and oxygen atoms in total. The molecule has 2 rings (SSSR count). The van der Waals surface area contributed by atoms with Crippen molar-refractivity contribution >= 4 is 5.82 Å². The van der Waals surface area contributed by atoms with Crippen molar-refractivity contribution in [1.82, 2.24) is 10.3 Å². The molecule has 2 heterocycles. The van der Waals surface area contributed by atoms with Gasteiger partial charge in [0.2, 0.25) is 0 Å². The maximum Gasteiger partial charge on any atom is 0.165 e. The van der Waals surface area contributed by atoms with Crippen LogP contribution in [0.1, 0.15) is 33.1 Å². The highest BCUT2D eigenvalue weighted by molar-refractivity contribution is 5.39. The van der Waals surface area contributed by atoms with E-state index in [0.29, 0.717) is 17.8 Å². The van der Waals surface area contributed by atoms with E-state index in [1.165, 1.54) is 12.5 Å². The van der Waals surface area contributed by atoms with Crippen molar-refractivity contribution < 1.29 is 4.39 Å². The number of aromatic nitrogens is 1. The first-order valence-electron chi connectivity index (χ1n) is 7.31. The van der Waals surface area contributed by atoms with E-state index in [1.807, 2.05) is 0 Å². The number of piperidine rings is 1. The molecule has 0 bridgehead atoms. The standard InChI is InChI=1S/C15H24FN3/c1-3-8-17-12(2)13-6-10-19(11-7-13)15-14(16)5-4-9-18-15/h4-5,9,12-13,17H,3,6-8,10-11H2,1-2H3. The Morgan fingerprint density at radius 3 is 2.84 bits per heavy atom. The number of hydrogen-bond acceptors (Lipinski definition) is 3. The summed E-state index contributed by atoms with van der Waals surface area (Å²) in [6.07, 6.45) is 5.04. The molecule has 1 aromatic heterocycles. The van der Waals surface area contributed by atoms with Crippen molar-refractivity contribution in [2.24, 2.45) is 5.92 Å². The first kappa shape index (κ1) is 14.3. The van der Waals surface area contributed by atoms with E-state index in [9.17, 15) is 4.39 Å². The van der Waals surface area contributed by atoms with E-state index >= 15 is 0 Å². The summed E-state index contributed by atoms with van der Waals surface area (Å²) in [4.78, 5) is 6.22. The number of rotatable bonds is 5. The van der Waals surface area contributed by atoms with Gasteiger partial charge in [-0.05, 0) is 50.8 Å². The van der Waals surface area contributed by atoms with Crippen LogP contribution in [0.5, 0.6) is 0 Å². The SMILES string of the molecule is CCCNC(C)C1CCN(c2ncccc2F)CC1. The summed E-state index contributed by atoms with van der Waals surface area (Å²) in [5, 5.41) is 3.56. The molecule has 1 unspecified atom stereocenters. The topological polar surface area (TPSA) is 28.2 Å². The highest BCUT2D eigenvalue weighted by Crippen LogP contribution is 2.25. The van der Waals surface area contributed by atoms with E-state index in [0.717, 1.165) is 32.5 Å². The van der Waals surface area contributed by atoms with Gasteiger partial charge in [-0.3, -0.25) is 0 Å². The van der Waals surface area contributed by atoms with Crippen LogP contribution in [-0.2, 0) is 0 Å². The number of hydrogen-bond donors (Lipinski definition) is 1. The van der Waals surface area contributed by atoms with Crippen LogP contribution in [0.2, 0.25) is 0 Å². The summed E-state index contributed by atoms with van der Waals surface area (Å²) in [7, 11) is 0. The third-order valence-corrected chi connectivity index (χ3v) is 4.00. The zero-order chi connectivity index (χ0) is 13.7. The van der Waals surface area contributed by atoms with Gasteiger partial charge in [0, 0.05) is 25.3 Å². The molecule has 0 spiro atoms. The molecule has 1 aliphatic rings. The van der Waals surface area contributed by atoms with Gasteiger partial charge in [0.25, 0.3) is 0 Å². The van der Waals surface area contributed by atoms with Gasteiger partial charge in [-0.1, -0.05) is 6.92 Å². The molecule has 19 heavy (non-hydrogen) atoms. The number of halogens is 1. The minimum Gasteiger partial charge on any atom is -0.354 e. The second-order valence-electron chi connectivity index (χ2n) is 5.38. The smallest absolute Gasteiger partial charge is 0.165 e. The molecule has 1 aliphatic heterocycles. The Bertz CT molecular complexity index is 389. The molecule has 1 fully saturated rings. The molecule has 1 saturated heterocycles. The molecule has 1 N–H and O–H groups in total. The molecule has 0 amide bonds. The average molecular weight is 265 g/mol. The van der Waals surface area contributed by atoms with E-state index in [4.69, 9.17) is 0 Å². The fourth-order valence-electron chi connectivity index (χ4n) is 2.76. The van der Waals surface area contributed by atoms with Crippen molar-refractivity contribution in [3.8, 4) is 0 Å². The average Bonchev–Trinajstić information content (AvgIpc) is 2.45. The minimum atomic E-state index is -0.210. The molecular formula is C15H24FN3. The summed E-state index contributed by atoms with van der Waals surface area (Å²) in [5.41, 5.74) is 0. The van der Waals surface area contributed by atoms with Crippen molar-refractivity contribution in [2.45, 2.75) is 39.2 Å². The zero-order valence-electron chi connectivity index (χ0n) is 11.9. The second kappa shape index (κ2) is 6.85. The summed E-state index contributed by atoms with van der Waals surface area (Å²) in [6, 6.07) is 3.68. The predicted molar refractivity (Wildman–Crippen MR) is 76.9 cm³/mol. The van der Waals surface area contributed by atoms with Crippen LogP contribution in [0.25, 0.3) is 0 Å². The Morgan fingerprint density at radius 1 is 1.47 bits per heavy atom. The van der Waals surface area contributed by atoms with Gasteiger partial charge in [0.15, 0.2) is 11.6 Å². The van der Waals surface area contributed by atoms with Gasteiger partial charge in [0.1, 0.15) is 0 Å². The number of anilines is 1. The Morgan fingerprint density at radius 2 is 2.21 bits per heavy atom. The normalized spacial score (nSPS) is 18.6. The van der Waals surface area contributed by atoms with Gasteiger partial charge in [-0.15, -0.1) is 0 Å². The Labute approximate surface area is 115 Å². The van der Waals surface area contributed by atoms with Crippen LogP contribution in [0.3, 0.4) is 0 Å². The number of pyridine rings is 1. The lowest BCUT2D eigenvalue weighted by atomic mass is 9.90. The summed E-state index contributed by atoms with van der Waals surface area (Å²) >= 11 is 0. The Kier molecular flexibility index (Phi) is 5.14. The molecule has 0 radical (unpaired) electrons. The van der Waals surface area contributed by atoms with Crippen LogP contribution >= 0.6 is 0 Å². The molecule has 1 atom stereocenters. The van der Waals surface area contributed by atoms with Crippen LogP contribution in [-0.4, -0.2) is 30.7 Å². The number of nitrogens with zero attached hydrogens (tertiary/aromatic N) is 2. The summed E-state index contributed by atoms with van der Waals surface area (Å²) in [5.74, 6) is 0.989. The van der Waals surface area contributed by atoms with Crippen LogP contribution in [0.4, 0.5) is 10.2 Å². The van der Waals surface area contributed by atoms with Gasteiger partial charge in [-0.25, -0.2) is 9.37 Å². The lowest BCUT2D eigenvalue weighted by Gasteiger charge is -2.35. The van der Waals surface area contributed by atoms with Gasteiger partial charge < -0.3 is 10.2 Å². The highest BCUT2D eigenvalue weighted by atomic mass is 19.1. The fourth-order valence-corrected chi connectivity index (χ4v) is 2.76. The first-order chi connectivity index (χ1) is 9.22. The predicted octanol–water partition coefficient (Wildman–Crippen LogP) is 2.83. The lowest BCUT2D eigenvalue weighted by Crippen LogP contribution is -2.42. The van der Waals surface area contributed by atoms with E-state index < -0.39 is 0 Å². The van der Waals surface area contributed by atoms with E-state index in [1.54, 1.807) is 12.3 Å². The molecule has 4 heteroatoms. The fraction of sp³-hybridized carbons (Fsp3) is 0.667. The van der Waals surface area contributed by atoms with E-state index in [-0.39, 0.29) is 5.82 Å². The summed E-state index contributed by atoms with van der Waals surface area (Å²) in [6.45, 7) is 7.33. The Balaban J connectivity index is 1.87. The third-order valence-electron chi connectivity index (χ3n) is 4.00. The first-order valence-corrected chi connectivity index (χ1v) is 7.31. The van der Waals surface area contributed by atoms with Crippen molar-refractivity contribution in [2.75, 3.05) is 24.5 Å². The molecule has 0 aliphatic carbocycles. The largest absolute Gasteiger partial charge is 0.354 e. The minimum absolute atomic E-state index is 0.210. The molecular weight excluding hydrogens is 241 g/mol. The van der Waals surface area contributed by atoms with Gasteiger partial charge >= 0.3 is 0 Å². The zero-order valence-corrected chi connectivity index (χ0v) is 11.9. The van der Waals surface area contributed by atoms with Crippen LogP contribution in [0.15, 0.2) is 18.3 Å². The maximum absolute atomic E-state index is 13.7. The molecule has 1 aromatic rings. The van der Waals surface area contributed by atoms with Crippen molar-refractivity contribution in [1.29, 1.82) is 0 Å². The molecule has 106 valence electrons. The summed E-state index contributed by atoms with van der Waals surface area (Å²) < 4.78 is 13.7. The second-order valence-corrected chi connectivity index (χ2v) is 5.38. The van der Waals surface area contributed by atoms with Gasteiger partial charge in [-0.2, -0.15) is 0 Å².